The first-order valence-electron chi connectivity index (χ1n) is 9.91. The molecule has 1 aliphatic heterocycles. The van der Waals surface area contributed by atoms with E-state index in [1.165, 1.54) is 4.68 Å². The molecular formula is C21H26N6O2. The molecule has 29 heavy (non-hydrogen) atoms. The third kappa shape index (κ3) is 3.39. The van der Waals surface area contributed by atoms with E-state index in [0.717, 1.165) is 11.3 Å². The smallest absolute Gasteiger partial charge is 0.321 e. The highest BCUT2D eigenvalue weighted by atomic mass is 16.2. The maximum absolute atomic E-state index is 13.4. The van der Waals surface area contributed by atoms with E-state index < -0.39 is 6.04 Å². The minimum absolute atomic E-state index is 0.115. The third-order valence-corrected chi connectivity index (χ3v) is 5.32. The van der Waals surface area contributed by atoms with E-state index in [0.29, 0.717) is 37.1 Å². The van der Waals surface area contributed by atoms with E-state index in [4.69, 9.17) is 0 Å². The van der Waals surface area contributed by atoms with Crippen LogP contribution < -0.4 is 5.69 Å². The van der Waals surface area contributed by atoms with Crippen LogP contribution in [0.5, 0.6) is 0 Å². The summed E-state index contributed by atoms with van der Waals surface area (Å²) in [6.45, 7) is 7.42. The first-order valence-corrected chi connectivity index (χ1v) is 9.91. The summed E-state index contributed by atoms with van der Waals surface area (Å²) in [4.78, 5) is 28.0. The molecule has 0 aliphatic carbocycles. The predicted molar refractivity (Wildman–Crippen MR) is 109 cm³/mol. The molecular weight excluding hydrogens is 368 g/mol. The molecule has 1 amide bonds. The Morgan fingerprint density at radius 2 is 1.90 bits per heavy atom. The van der Waals surface area contributed by atoms with Crippen molar-refractivity contribution in [3.8, 4) is 0 Å². The van der Waals surface area contributed by atoms with Crippen LogP contribution in [0.3, 0.4) is 0 Å². The summed E-state index contributed by atoms with van der Waals surface area (Å²) in [5.74, 6) is 0.753. The van der Waals surface area contributed by atoms with Gasteiger partial charge in [-0.15, -0.1) is 0 Å². The third-order valence-electron chi connectivity index (χ3n) is 5.32. The second kappa shape index (κ2) is 7.35. The van der Waals surface area contributed by atoms with Crippen molar-refractivity contribution in [1.29, 1.82) is 0 Å². The Labute approximate surface area is 169 Å². The standard InChI is InChI=1S/C21H26N6O2/c1-14(2)13-27-21(29)26-11-10-25(20(28)17-12-15(3)24(4)22-17)18(19(26)23-27)16-8-6-5-7-9-16/h5-9,12,14,18H,10-11,13H2,1-4H3. The topological polar surface area (TPSA) is 78.0 Å². The summed E-state index contributed by atoms with van der Waals surface area (Å²) in [7, 11) is 1.82. The monoisotopic (exact) mass is 394 g/mol. The largest absolute Gasteiger partial charge is 0.346 e. The number of carbonyl (C=O) groups excluding carboxylic acids is 1. The highest BCUT2D eigenvalue weighted by Gasteiger charge is 2.37. The lowest BCUT2D eigenvalue weighted by Crippen LogP contribution is -2.45. The molecule has 3 heterocycles. The fourth-order valence-electron chi connectivity index (χ4n) is 3.81. The number of nitrogens with zero attached hydrogens (tertiary/aromatic N) is 6. The van der Waals surface area contributed by atoms with Crippen LogP contribution in [0.4, 0.5) is 0 Å². The Morgan fingerprint density at radius 1 is 1.17 bits per heavy atom. The fourth-order valence-corrected chi connectivity index (χ4v) is 3.81. The van der Waals surface area contributed by atoms with Gasteiger partial charge >= 0.3 is 5.69 Å². The number of fused-ring (bicyclic) bond motifs is 1. The van der Waals surface area contributed by atoms with Crippen LogP contribution in [0.2, 0.25) is 0 Å². The highest BCUT2D eigenvalue weighted by molar-refractivity contribution is 5.93. The molecule has 152 valence electrons. The van der Waals surface area contributed by atoms with Crippen molar-refractivity contribution >= 4 is 5.91 Å². The molecule has 3 aromatic rings. The van der Waals surface area contributed by atoms with Crippen molar-refractivity contribution in [2.24, 2.45) is 13.0 Å². The van der Waals surface area contributed by atoms with Gasteiger partial charge in [-0.2, -0.15) is 10.2 Å². The van der Waals surface area contributed by atoms with Crippen molar-refractivity contribution in [3.05, 3.63) is 69.7 Å². The molecule has 4 rings (SSSR count). The van der Waals surface area contributed by atoms with Gasteiger partial charge in [0.25, 0.3) is 5.91 Å². The number of benzene rings is 1. The number of carbonyl (C=O) groups is 1. The van der Waals surface area contributed by atoms with Crippen molar-refractivity contribution < 1.29 is 4.79 Å². The number of hydrogen-bond acceptors (Lipinski definition) is 4. The van der Waals surface area contributed by atoms with E-state index in [1.807, 2.05) is 44.3 Å². The Kier molecular flexibility index (Phi) is 4.86. The van der Waals surface area contributed by atoms with E-state index >= 15 is 0 Å². The van der Waals surface area contributed by atoms with Crippen LogP contribution in [0, 0.1) is 12.8 Å². The molecule has 8 heteroatoms. The number of aryl methyl sites for hydroxylation is 2. The Balaban J connectivity index is 1.81. The molecule has 1 atom stereocenters. The van der Waals surface area contributed by atoms with Crippen LogP contribution >= 0.6 is 0 Å². The summed E-state index contributed by atoms with van der Waals surface area (Å²) in [6, 6.07) is 11.1. The average Bonchev–Trinajstić information content (AvgIpc) is 3.20. The Morgan fingerprint density at radius 3 is 2.52 bits per heavy atom. The lowest BCUT2D eigenvalue weighted by atomic mass is 10.0. The van der Waals surface area contributed by atoms with Crippen LogP contribution in [0.15, 0.2) is 41.2 Å². The van der Waals surface area contributed by atoms with Crippen LogP contribution in [0.25, 0.3) is 0 Å². The zero-order valence-corrected chi connectivity index (χ0v) is 17.2. The maximum atomic E-state index is 13.4. The number of amides is 1. The van der Waals surface area contributed by atoms with Crippen LogP contribution in [-0.2, 0) is 20.1 Å². The Hall–Kier alpha value is -3.16. The van der Waals surface area contributed by atoms with Crippen LogP contribution in [0.1, 0.15) is 47.5 Å². The van der Waals surface area contributed by atoms with Gasteiger partial charge in [-0.25, -0.2) is 9.48 Å². The van der Waals surface area contributed by atoms with E-state index in [2.05, 4.69) is 24.0 Å². The van der Waals surface area contributed by atoms with Crippen molar-refractivity contribution in [2.45, 2.75) is 39.9 Å². The minimum Gasteiger partial charge on any atom is -0.321 e. The average molecular weight is 394 g/mol. The van der Waals surface area contributed by atoms with E-state index in [-0.39, 0.29) is 11.6 Å². The van der Waals surface area contributed by atoms with Crippen molar-refractivity contribution in [2.75, 3.05) is 6.54 Å². The van der Waals surface area contributed by atoms with Crippen molar-refractivity contribution in [1.82, 2.24) is 29.0 Å². The zero-order valence-electron chi connectivity index (χ0n) is 17.2. The molecule has 0 fully saturated rings. The number of rotatable bonds is 4. The van der Waals surface area contributed by atoms with Crippen molar-refractivity contribution in [3.63, 3.8) is 0 Å². The molecule has 0 saturated carbocycles. The molecule has 0 N–H and O–H groups in total. The minimum atomic E-state index is -0.430. The Bertz CT molecular complexity index is 1070. The molecule has 0 saturated heterocycles. The second-order valence-corrected chi connectivity index (χ2v) is 7.97. The lowest BCUT2D eigenvalue weighted by Gasteiger charge is -2.35. The van der Waals surface area contributed by atoms with Gasteiger partial charge in [-0.1, -0.05) is 44.2 Å². The molecule has 2 aromatic heterocycles. The molecule has 0 radical (unpaired) electrons. The number of aromatic nitrogens is 5. The van der Waals surface area contributed by atoms with E-state index in [9.17, 15) is 9.59 Å². The van der Waals surface area contributed by atoms with Gasteiger partial charge < -0.3 is 4.90 Å². The number of hydrogen-bond donors (Lipinski definition) is 0. The van der Waals surface area contributed by atoms with Gasteiger partial charge in [0.1, 0.15) is 6.04 Å². The van der Waals surface area contributed by atoms with Gasteiger partial charge in [0.05, 0.1) is 0 Å². The summed E-state index contributed by atoms with van der Waals surface area (Å²) < 4.78 is 4.92. The zero-order chi connectivity index (χ0) is 20.7. The lowest BCUT2D eigenvalue weighted by molar-refractivity contribution is 0.0650. The quantitative estimate of drug-likeness (QED) is 0.678. The first-order chi connectivity index (χ1) is 13.9. The van der Waals surface area contributed by atoms with Gasteiger partial charge in [-0.05, 0) is 24.5 Å². The maximum Gasteiger partial charge on any atom is 0.346 e. The molecule has 1 aliphatic rings. The molecule has 1 unspecified atom stereocenters. The normalized spacial score (nSPS) is 16.3. The predicted octanol–water partition coefficient (Wildman–Crippen LogP) is 1.99. The summed E-state index contributed by atoms with van der Waals surface area (Å²) in [6.07, 6.45) is 0. The van der Waals surface area contributed by atoms with Crippen LogP contribution in [-0.4, -0.2) is 41.5 Å². The molecule has 1 aromatic carbocycles. The second-order valence-electron chi connectivity index (χ2n) is 7.97. The van der Waals surface area contributed by atoms with Gasteiger partial charge in [0.2, 0.25) is 0 Å². The summed E-state index contributed by atoms with van der Waals surface area (Å²) in [5, 5.41) is 9.01. The summed E-state index contributed by atoms with van der Waals surface area (Å²) in [5.41, 5.74) is 2.13. The van der Waals surface area contributed by atoms with E-state index in [1.54, 1.807) is 20.2 Å². The van der Waals surface area contributed by atoms with Gasteiger partial charge in [-0.3, -0.25) is 14.0 Å². The first kappa shape index (κ1) is 19.2. The summed E-state index contributed by atoms with van der Waals surface area (Å²) >= 11 is 0. The van der Waals surface area contributed by atoms with Gasteiger partial charge in [0, 0.05) is 32.4 Å². The molecule has 0 bridgehead atoms. The SMILES string of the molecule is Cc1cc(C(=O)N2CCn3c(nn(CC(C)C)c3=O)C2c2ccccc2)nn1C. The molecule has 8 nitrogen and oxygen atoms in total. The highest BCUT2D eigenvalue weighted by Crippen LogP contribution is 2.31. The van der Waals surface area contributed by atoms with Gasteiger partial charge in [0.15, 0.2) is 11.5 Å². The fraction of sp³-hybridized carbons (Fsp3) is 0.429. The molecule has 0 spiro atoms.